The largest absolute Gasteiger partial charge is 0.480 e. The SMILES string of the molecule is C#CCC(=O)N1CC(O)C[C@H]1C(=O)O. The molecule has 5 heteroatoms. The van der Waals surface area contributed by atoms with Gasteiger partial charge in [0.05, 0.1) is 12.5 Å². The van der Waals surface area contributed by atoms with E-state index in [1.165, 1.54) is 0 Å². The fourth-order valence-electron chi connectivity index (χ4n) is 1.51. The fraction of sp³-hybridized carbons (Fsp3) is 0.556. The van der Waals surface area contributed by atoms with Gasteiger partial charge in [-0.1, -0.05) is 5.92 Å². The number of terminal acetylenes is 1. The standard InChI is InChI=1S/C9H11NO4/c1-2-3-8(12)10-5-6(11)4-7(10)9(13)14/h1,6-7,11H,3-5H2,(H,13,14)/t6?,7-/m0/s1. The summed E-state index contributed by atoms with van der Waals surface area (Å²) in [4.78, 5) is 23.1. The lowest BCUT2D eigenvalue weighted by atomic mass is 10.2. The van der Waals surface area contributed by atoms with Gasteiger partial charge in [-0.05, 0) is 0 Å². The van der Waals surface area contributed by atoms with Crippen LogP contribution in [-0.4, -0.2) is 45.7 Å². The number of carboxylic acid groups (broad SMARTS) is 1. The van der Waals surface area contributed by atoms with Gasteiger partial charge in [0.1, 0.15) is 6.04 Å². The minimum absolute atomic E-state index is 0.0531. The lowest BCUT2D eigenvalue weighted by molar-refractivity contribution is -0.147. The Morgan fingerprint density at radius 3 is 2.71 bits per heavy atom. The van der Waals surface area contributed by atoms with Crippen molar-refractivity contribution in [2.75, 3.05) is 6.54 Å². The number of likely N-dealkylation sites (tertiary alicyclic amines) is 1. The molecule has 0 spiro atoms. The van der Waals surface area contributed by atoms with Crippen molar-refractivity contribution < 1.29 is 19.8 Å². The molecule has 0 radical (unpaired) electrons. The van der Waals surface area contributed by atoms with Crippen molar-refractivity contribution in [1.29, 1.82) is 0 Å². The molecule has 0 aromatic heterocycles. The van der Waals surface area contributed by atoms with Crippen molar-refractivity contribution in [1.82, 2.24) is 4.90 Å². The second-order valence-corrected chi connectivity index (χ2v) is 3.17. The van der Waals surface area contributed by atoms with Crippen molar-refractivity contribution in [2.24, 2.45) is 0 Å². The van der Waals surface area contributed by atoms with Gasteiger partial charge in [-0.15, -0.1) is 6.42 Å². The third kappa shape index (κ3) is 2.03. The minimum atomic E-state index is -1.10. The summed E-state index contributed by atoms with van der Waals surface area (Å²) in [7, 11) is 0. The molecular formula is C9H11NO4. The van der Waals surface area contributed by atoms with Gasteiger partial charge in [0.2, 0.25) is 5.91 Å². The molecule has 76 valence electrons. The lowest BCUT2D eigenvalue weighted by Gasteiger charge is -2.19. The Kier molecular flexibility index (Phi) is 3.10. The molecular weight excluding hydrogens is 186 g/mol. The summed E-state index contributed by atoms with van der Waals surface area (Å²) in [5.41, 5.74) is 0. The second-order valence-electron chi connectivity index (χ2n) is 3.17. The number of amides is 1. The summed E-state index contributed by atoms with van der Waals surface area (Å²) in [5.74, 6) is 0.628. The highest BCUT2D eigenvalue weighted by Crippen LogP contribution is 2.18. The topological polar surface area (TPSA) is 77.8 Å². The number of hydrogen-bond acceptors (Lipinski definition) is 3. The molecule has 0 aliphatic carbocycles. The number of aliphatic carboxylic acids is 1. The highest BCUT2D eigenvalue weighted by Gasteiger charge is 2.38. The first-order valence-corrected chi connectivity index (χ1v) is 4.20. The molecule has 14 heavy (non-hydrogen) atoms. The highest BCUT2D eigenvalue weighted by molar-refractivity contribution is 5.85. The van der Waals surface area contributed by atoms with Crippen molar-refractivity contribution in [2.45, 2.75) is 25.0 Å². The Balaban J connectivity index is 2.72. The summed E-state index contributed by atoms with van der Waals surface area (Å²) in [6.07, 6.45) is 4.13. The van der Waals surface area contributed by atoms with E-state index in [0.29, 0.717) is 0 Å². The molecule has 1 heterocycles. The van der Waals surface area contributed by atoms with Crippen LogP contribution in [0.1, 0.15) is 12.8 Å². The summed E-state index contributed by atoms with van der Waals surface area (Å²) in [6.45, 7) is 0.0531. The van der Waals surface area contributed by atoms with Crippen LogP contribution in [0.2, 0.25) is 0 Å². The van der Waals surface area contributed by atoms with E-state index in [0.717, 1.165) is 4.90 Å². The van der Waals surface area contributed by atoms with E-state index in [1.54, 1.807) is 0 Å². The van der Waals surface area contributed by atoms with Crippen molar-refractivity contribution in [3.05, 3.63) is 0 Å². The Morgan fingerprint density at radius 1 is 1.57 bits per heavy atom. The first-order chi connectivity index (χ1) is 6.56. The second kappa shape index (κ2) is 4.11. The van der Waals surface area contributed by atoms with Gasteiger partial charge < -0.3 is 15.1 Å². The number of carbonyl (C=O) groups is 2. The van der Waals surface area contributed by atoms with Gasteiger partial charge in [-0.2, -0.15) is 0 Å². The minimum Gasteiger partial charge on any atom is -0.480 e. The maximum atomic E-state index is 11.3. The molecule has 5 nitrogen and oxygen atoms in total. The van der Waals surface area contributed by atoms with E-state index in [2.05, 4.69) is 5.92 Å². The predicted molar refractivity (Wildman–Crippen MR) is 47.2 cm³/mol. The van der Waals surface area contributed by atoms with Gasteiger partial charge in [-0.25, -0.2) is 4.79 Å². The normalized spacial score (nSPS) is 25.9. The van der Waals surface area contributed by atoms with Gasteiger partial charge in [0.15, 0.2) is 0 Å². The number of aliphatic hydroxyl groups is 1. The van der Waals surface area contributed by atoms with Gasteiger partial charge in [-0.3, -0.25) is 4.79 Å². The van der Waals surface area contributed by atoms with Gasteiger partial charge >= 0.3 is 5.97 Å². The van der Waals surface area contributed by atoms with Crippen LogP contribution in [0.25, 0.3) is 0 Å². The molecule has 1 fully saturated rings. The summed E-state index contributed by atoms with van der Waals surface area (Å²) in [6, 6.07) is -0.939. The summed E-state index contributed by atoms with van der Waals surface area (Å²) < 4.78 is 0. The number of rotatable bonds is 2. The maximum Gasteiger partial charge on any atom is 0.326 e. The van der Waals surface area contributed by atoms with Crippen LogP contribution in [0.5, 0.6) is 0 Å². The summed E-state index contributed by atoms with van der Waals surface area (Å²) in [5, 5.41) is 18.0. The van der Waals surface area contributed by atoms with Crippen molar-refractivity contribution in [3.63, 3.8) is 0 Å². The van der Waals surface area contributed by atoms with E-state index < -0.39 is 24.0 Å². The molecule has 0 bridgehead atoms. The first-order valence-electron chi connectivity index (χ1n) is 4.20. The molecule has 0 saturated carbocycles. The number of carboxylic acids is 1. The molecule has 1 amide bonds. The monoisotopic (exact) mass is 197 g/mol. The van der Waals surface area contributed by atoms with Crippen LogP contribution >= 0.6 is 0 Å². The molecule has 1 saturated heterocycles. The average Bonchev–Trinajstić information content (AvgIpc) is 2.48. The number of carbonyl (C=O) groups excluding carboxylic acids is 1. The Morgan fingerprint density at radius 2 is 2.21 bits per heavy atom. The van der Waals surface area contributed by atoms with Gasteiger partial charge in [0.25, 0.3) is 0 Å². The molecule has 2 atom stereocenters. The molecule has 1 rings (SSSR count). The number of hydrogen-bond donors (Lipinski definition) is 2. The quantitative estimate of drug-likeness (QED) is 0.560. The highest BCUT2D eigenvalue weighted by atomic mass is 16.4. The zero-order chi connectivity index (χ0) is 10.7. The van der Waals surface area contributed by atoms with Crippen LogP contribution in [0.3, 0.4) is 0 Å². The van der Waals surface area contributed by atoms with E-state index in [1.807, 2.05) is 0 Å². The van der Waals surface area contributed by atoms with Crippen LogP contribution in [0.4, 0.5) is 0 Å². The smallest absolute Gasteiger partial charge is 0.326 e. The fourth-order valence-corrected chi connectivity index (χ4v) is 1.51. The lowest BCUT2D eigenvalue weighted by Crippen LogP contribution is -2.40. The molecule has 0 aromatic rings. The summed E-state index contributed by atoms with van der Waals surface area (Å²) >= 11 is 0. The molecule has 2 N–H and O–H groups in total. The molecule has 1 unspecified atom stereocenters. The van der Waals surface area contributed by atoms with E-state index in [9.17, 15) is 14.7 Å². The average molecular weight is 197 g/mol. The van der Waals surface area contributed by atoms with Crippen LogP contribution in [0, 0.1) is 12.3 Å². The Hall–Kier alpha value is -1.54. The predicted octanol–water partition coefficient (Wildman–Crippen LogP) is -0.944. The van der Waals surface area contributed by atoms with Crippen molar-refractivity contribution in [3.8, 4) is 12.3 Å². The van der Waals surface area contributed by atoms with Crippen LogP contribution in [-0.2, 0) is 9.59 Å². The van der Waals surface area contributed by atoms with E-state index in [-0.39, 0.29) is 19.4 Å². The zero-order valence-electron chi connectivity index (χ0n) is 7.51. The van der Waals surface area contributed by atoms with E-state index >= 15 is 0 Å². The number of nitrogens with zero attached hydrogens (tertiary/aromatic N) is 1. The van der Waals surface area contributed by atoms with Crippen LogP contribution < -0.4 is 0 Å². The number of aliphatic hydroxyl groups excluding tert-OH is 1. The zero-order valence-corrected chi connectivity index (χ0v) is 7.51. The Labute approximate surface area is 81.3 Å². The molecule has 1 aliphatic rings. The first kappa shape index (κ1) is 10.5. The molecule has 0 aromatic carbocycles. The van der Waals surface area contributed by atoms with Crippen molar-refractivity contribution >= 4 is 11.9 Å². The van der Waals surface area contributed by atoms with E-state index in [4.69, 9.17) is 11.5 Å². The van der Waals surface area contributed by atoms with Crippen LogP contribution in [0.15, 0.2) is 0 Å². The third-order valence-electron chi connectivity index (χ3n) is 2.14. The maximum absolute atomic E-state index is 11.3. The number of β-amino-alcohol motifs (C(OH)–C–C–N with tert-alkyl or cyclic N) is 1. The molecule has 1 aliphatic heterocycles. The van der Waals surface area contributed by atoms with Gasteiger partial charge in [0, 0.05) is 13.0 Å². The Bertz CT molecular complexity index is 294. The third-order valence-corrected chi connectivity index (χ3v) is 2.14.